The Labute approximate surface area is 103 Å². The van der Waals surface area contributed by atoms with E-state index in [2.05, 4.69) is 10.6 Å². The molecule has 0 aromatic carbocycles. The van der Waals surface area contributed by atoms with Gasteiger partial charge < -0.3 is 20.5 Å². The molecule has 1 aliphatic rings. The second-order valence-corrected chi connectivity index (χ2v) is 5.98. The van der Waals surface area contributed by atoms with Crippen molar-refractivity contribution in [2.75, 3.05) is 13.1 Å². The zero-order chi connectivity index (χ0) is 13.3. The maximum absolute atomic E-state index is 11.6. The molecule has 1 saturated heterocycles. The van der Waals surface area contributed by atoms with Crippen LogP contribution in [0.3, 0.4) is 0 Å². The van der Waals surface area contributed by atoms with Crippen LogP contribution in [-0.4, -0.2) is 41.5 Å². The van der Waals surface area contributed by atoms with Crippen molar-refractivity contribution in [3.63, 3.8) is 0 Å². The standard InChI is InChI=1S/C12H24N2O3/c1-8-6-13-7-9(12(8,5)16)14-10(15)17-11(2,3)4/h8-9,13,16H,6-7H2,1-5H3,(H,14,15)/t8-,9+,12-/m0/s1. The first-order chi connectivity index (χ1) is 7.63. The molecule has 0 bridgehead atoms. The van der Waals surface area contributed by atoms with Crippen LogP contribution in [0.2, 0.25) is 0 Å². The third kappa shape index (κ3) is 3.85. The molecule has 17 heavy (non-hydrogen) atoms. The van der Waals surface area contributed by atoms with Crippen molar-refractivity contribution in [1.29, 1.82) is 0 Å². The lowest BCUT2D eigenvalue weighted by Crippen LogP contribution is -2.64. The number of nitrogens with one attached hydrogen (secondary N) is 2. The minimum absolute atomic E-state index is 0.0798. The molecule has 1 heterocycles. The first kappa shape index (κ1) is 14.3. The Morgan fingerprint density at radius 3 is 2.59 bits per heavy atom. The van der Waals surface area contributed by atoms with Crippen LogP contribution in [0.15, 0.2) is 0 Å². The second kappa shape index (κ2) is 4.82. The highest BCUT2D eigenvalue weighted by molar-refractivity contribution is 5.68. The third-order valence-electron chi connectivity index (χ3n) is 3.19. The molecule has 1 aliphatic heterocycles. The van der Waals surface area contributed by atoms with Crippen molar-refractivity contribution >= 4 is 6.09 Å². The Morgan fingerprint density at radius 2 is 2.06 bits per heavy atom. The lowest BCUT2D eigenvalue weighted by atomic mass is 9.81. The van der Waals surface area contributed by atoms with Gasteiger partial charge in [0.25, 0.3) is 0 Å². The van der Waals surface area contributed by atoms with Crippen molar-refractivity contribution in [3.05, 3.63) is 0 Å². The summed E-state index contributed by atoms with van der Waals surface area (Å²) in [5.74, 6) is 0.0798. The zero-order valence-electron chi connectivity index (χ0n) is 11.3. The molecule has 0 aromatic heterocycles. The minimum Gasteiger partial charge on any atom is -0.444 e. The molecule has 1 rings (SSSR count). The summed E-state index contributed by atoms with van der Waals surface area (Å²) in [6.07, 6.45) is -0.487. The molecule has 0 aromatic rings. The number of carbonyl (C=O) groups excluding carboxylic acids is 1. The number of amides is 1. The van der Waals surface area contributed by atoms with E-state index in [1.807, 2.05) is 27.7 Å². The molecule has 5 heteroatoms. The van der Waals surface area contributed by atoms with Crippen LogP contribution >= 0.6 is 0 Å². The summed E-state index contributed by atoms with van der Waals surface area (Å²) >= 11 is 0. The van der Waals surface area contributed by atoms with E-state index in [-0.39, 0.29) is 12.0 Å². The van der Waals surface area contributed by atoms with Gasteiger partial charge in [-0.25, -0.2) is 4.79 Å². The Balaban J connectivity index is 2.58. The van der Waals surface area contributed by atoms with Crippen LogP contribution in [0.1, 0.15) is 34.6 Å². The molecule has 0 radical (unpaired) electrons. The number of carbonyl (C=O) groups is 1. The van der Waals surface area contributed by atoms with Gasteiger partial charge in [-0.2, -0.15) is 0 Å². The summed E-state index contributed by atoms with van der Waals surface area (Å²) in [6, 6.07) is -0.332. The van der Waals surface area contributed by atoms with Gasteiger partial charge in [-0.1, -0.05) is 6.92 Å². The van der Waals surface area contributed by atoms with E-state index in [4.69, 9.17) is 4.74 Å². The first-order valence-corrected chi connectivity index (χ1v) is 6.05. The average Bonchev–Trinajstić information content (AvgIpc) is 2.10. The maximum Gasteiger partial charge on any atom is 0.408 e. The van der Waals surface area contributed by atoms with Crippen LogP contribution < -0.4 is 10.6 Å². The topological polar surface area (TPSA) is 70.6 Å². The van der Waals surface area contributed by atoms with E-state index in [1.54, 1.807) is 6.92 Å². The number of piperidine rings is 1. The van der Waals surface area contributed by atoms with Gasteiger partial charge in [0, 0.05) is 13.1 Å². The molecule has 0 aliphatic carbocycles. The predicted octanol–water partition coefficient (Wildman–Crippen LogP) is 0.870. The van der Waals surface area contributed by atoms with Crippen LogP contribution in [-0.2, 0) is 4.74 Å². The third-order valence-corrected chi connectivity index (χ3v) is 3.19. The molecule has 3 N–H and O–H groups in total. The highest BCUT2D eigenvalue weighted by Crippen LogP contribution is 2.24. The summed E-state index contributed by atoms with van der Waals surface area (Å²) in [7, 11) is 0. The molecule has 5 nitrogen and oxygen atoms in total. The van der Waals surface area contributed by atoms with Crippen molar-refractivity contribution in [2.45, 2.75) is 51.9 Å². The van der Waals surface area contributed by atoms with Gasteiger partial charge in [-0.15, -0.1) is 0 Å². The molecule has 0 spiro atoms. The first-order valence-electron chi connectivity index (χ1n) is 6.05. The Hall–Kier alpha value is -0.810. The highest BCUT2D eigenvalue weighted by atomic mass is 16.6. The van der Waals surface area contributed by atoms with Gasteiger partial charge in [-0.3, -0.25) is 0 Å². The van der Waals surface area contributed by atoms with Crippen LogP contribution in [0.4, 0.5) is 4.79 Å². The summed E-state index contributed by atoms with van der Waals surface area (Å²) in [5.41, 5.74) is -1.44. The Bertz CT molecular complexity index is 284. The quantitative estimate of drug-likeness (QED) is 0.640. The van der Waals surface area contributed by atoms with E-state index in [0.717, 1.165) is 6.54 Å². The lowest BCUT2D eigenvalue weighted by Gasteiger charge is -2.42. The van der Waals surface area contributed by atoms with Crippen molar-refractivity contribution in [1.82, 2.24) is 10.6 Å². The average molecular weight is 244 g/mol. The summed E-state index contributed by atoms with van der Waals surface area (Å²) in [6.45, 7) is 10.4. The molecule has 1 fully saturated rings. The number of ether oxygens (including phenoxy) is 1. The van der Waals surface area contributed by atoms with Gasteiger partial charge in [0.15, 0.2) is 0 Å². The molecule has 1 amide bonds. The largest absolute Gasteiger partial charge is 0.444 e. The smallest absolute Gasteiger partial charge is 0.408 e. The number of hydrogen-bond donors (Lipinski definition) is 3. The normalized spacial score (nSPS) is 34.2. The highest BCUT2D eigenvalue weighted by Gasteiger charge is 2.41. The molecule has 0 saturated carbocycles. The number of alkyl carbamates (subject to hydrolysis) is 1. The van der Waals surface area contributed by atoms with Crippen molar-refractivity contribution in [3.8, 4) is 0 Å². The fourth-order valence-corrected chi connectivity index (χ4v) is 1.85. The summed E-state index contributed by atoms with van der Waals surface area (Å²) < 4.78 is 5.18. The minimum atomic E-state index is -0.915. The number of hydrogen-bond acceptors (Lipinski definition) is 4. The van der Waals surface area contributed by atoms with Crippen LogP contribution in [0, 0.1) is 5.92 Å². The molecule has 3 atom stereocenters. The van der Waals surface area contributed by atoms with E-state index in [0.29, 0.717) is 6.54 Å². The van der Waals surface area contributed by atoms with Gasteiger partial charge >= 0.3 is 6.09 Å². The number of rotatable bonds is 1. The molecular weight excluding hydrogens is 220 g/mol. The summed E-state index contributed by atoms with van der Waals surface area (Å²) in [4.78, 5) is 11.6. The van der Waals surface area contributed by atoms with E-state index < -0.39 is 17.3 Å². The zero-order valence-corrected chi connectivity index (χ0v) is 11.3. The monoisotopic (exact) mass is 244 g/mol. The van der Waals surface area contributed by atoms with Crippen molar-refractivity contribution in [2.24, 2.45) is 5.92 Å². The second-order valence-electron chi connectivity index (χ2n) is 5.98. The van der Waals surface area contributed by atoms with Crippen LogP contribution in [0.25, 0.3) is 0 Å². The molecule has 100 valence electrons. The lowest BCUT2D eigenvalue weighted by molar-refractivity contribution is -0.0469. The van der Waals surface area contributed by atoms with E-state index >= 15 is 0 Å². The molecule has 0 unspecified atom stereocenters. The van der Waals surface area contributed by atoms with Gasteiger partial charge in [0.05, 0.1) is 11.6 Å². The fraction of sp³-hybridized carbons (Fsp3) is 0.917. The van der Waals surface area contributed by atoms with Gasteiger partial charge in [0.2, 0.25) is 0 Å². The SMILES string of the molecule is C[C@H]1CNC[C@@H](NC(=O)OC(C)(C)C)[C@@]1(C)O. The Kier molecular flexibility index (Phi) is 4.04. The van der Waals surface area contributed by atoms with Crippen LogP contribution in [0.5, 0.6) is 0 Å². The summed E-state index contributed by atoms with van der Waals surface area (Å²) in [5, 5.41) is 16.2. The van der Waals surface area contributed by atoms with E-state index in [1.165, 1.54) is 0 Å². The van der Waals surface area contributed by atoms with E-state index in [9.17, 15) is 9.90 Å². The number of aliphatic hydroxyl groups is 1. The predicted molar refractivity (Wildman–Crippen MR) is 65.8 cm³/mol. The Morgan fingerprint density at radius 1 is 1.47 bits per heavy atom. The van der Waals surface area contributed by atoms with Crippen molar-refractivity contribution < 1.29 is 14.6 Å². The van der Waals surface area contributed by atoms with Gasteiger partial charge in [0.1, 0.15) is 5.60 Å². The fourth-order valence-electron chi connectivity index (χ4n) is 1.85. The van der Waals surface area contributed by atoms with Gasteiger partial charge in [-0.05, 0) is 33.6 Å². The molecular formula is C12H24N2O3. The maximum atomic E-state index is 11.6.